The van der Waals surface area contributed by atoms with Crippen LogP contribution in [0.1, 0.15) is 35.0 Å². The van der Waals surface area contributed by atoms with Crippen LogP contribution >= 0.6 is 11.8 Å². The zero-order chi connectivity index (χ0) is 23.5. The summed E-state index contributed by atoms with van der Waals surface area (Å²) in [5.74, 6) is 0.471. The quantitative estimate of drug-likeness (QED) is 0.450. The van der Waals surface area contributed by atoms with Gasteiger partial charge in [-0.2, -0.15) is 5.26 Å². The molecule has 1 aromatic heterocycles. The van der Waals surface area contributed by atoms with E-state index >= 15 is 0 Å². The second-order valence-corrected chi connectivity index (χ2v) is 8.62. The van der Waals surface area contributed by atoms with Crippen molar-refractivity contribution in [3.63, 3.8) is 0 Å². The first kappa shape index (κ1) is 22.4. The molecular formula is C26H23N3O3S. The van der Waals surface area contributed by atoms with Gasteiger partial charge >= 0.3 is 0 Å². The molecule has 3 aromatic rings. The van der Waals surface area contributed by atoms with Gasteiger partial charge < -0.3 is 9.30 Å². The summed E-state index contributed by atoms with van der Waals surface area (Å²) in [7, 11) is 0. The summed E-state index contributed by atoms with van der Waals surface area (Å²) in [5, 5.41) is 8.97. The van der Waals surface area contributed by atoms with Crippen LogP contribution in [-0.4, -0.2) is 27.2 Å². The molecule has 0 radical (unpaired) electrons. The molecule has 4 rings (SSSR count). The highest BCUT2D eigenvalue weighted by molar-refractivity contribution is 8.18. The molecule has 2 aromatic carbocycles. The highest BCUT2D eigenvalue weighted by Gasteiger charge is 2.35. The van der Waals surface area contributed by atoms with Gasteiger partial charge in [-0.25, -0.2) is 0 Å². The van der Waals surface area contributed by atoms with Crippen LogP contribution in [-0.2, 0) is 11.3 Å². The molecule has 0 saturated carbocycles. The van der Waals surface area contributed by atoms with E-state index in [-0.39, 0.29) is 17.7 Å². The lowest BCUT2D eigenvalue weighted by molar-refractivity contribution is -0.123. The Labute approximate surface area is 197 Å². The molecule has 0 bridgehead atoms. The van der Waals surface area contributed by atoms with Gasteiger partial charge in [0.1, 0.15) is 5.75 Å². The van der Waals surface area contributed by atoms with Gasteiger partial charge in [0.15, 0.2) is 0 Å². The third kappa shape index (κ3) is 4.43. The summed E-state index contributed by atoms with van der Waals surface area (Å²) in [6.07, 6.45) is 1.77. The summed E-state index contributed by atoms with van der Waals surface area (Å²) >= 11 is 0.926. The third-order valence-corrected chi connectivity index (χ3v) is 6.41. The number of carbonyl (C=O) groups is 2. The van der Waals surface area contributed by atoms with Gasteiger partial charge in [-0.05, 0) is 86.1 Å². The van der Waals surface area contributed by atoms with E-state index in [4.69, 9.17) is 4.74 Å². The Morgan fingerprint density at radius 1 is 1.09 bits per heavy atom. The van der Waals surface area contributed by atoms with Crippen LogP contribution < -0.4 is 4.74 Å². The Morgan fingerprint density at radius 3 is 2.52 bits per heavy atom. The van der Waals surface area contributed by atoms with Gasteiger partial charge in [0.05, 0.1) is 29.7 Å². The maximum absolute atomic E-state index is 13.0. The first-order valence-corrected chi connectivity index (χ1v) is 11.4. The van der Waals surface area contributed by atoms with Crippen LogP contribution in [0, 0.1) is 25.2 Å². The van der Waals surface area contributed by atoms with E-state index in [9.17, 15) is 14.9 Å². The van der Waals surface area contributed by atoms with Crippen molar-refractivity contribution in [2.45, 2.75) is 27.3 Å². The normalized spacial score (nSPS) is 14.7. The molecule has 1 fully saturated rings. The van der Waals surface area contributed by atoms with Gasteiger partial charge in [-0.3, -0.25) is 14.5 Å². The van der Waals surface area contributed by atoms with E-state index in [2.05, 4.69) is 10.6 Å². The van der Waals surface area contributed by atoms with Crippen molar-refractivity contribution in [1.29, 1.82) is 5.26 Å². The maximum atomic E-state index is 13.0. The fraction of sp³-hybridized carbons (Fsp3) is 0.192. The van der Waals surface area contributed by atoms with Gasteiger partial charge in [0.2, 0.25) is 0 Å². The number of ether oxygens (including phenoxy) is 1. The smallest absolute Gasteiger partial charge is 0.293 e. The second-order valence-electron chi connectivity index (χ2n) is 7.63. The van der Waals surface area contributed by atoms with Crippen molar-refractivity contribution in [3.8, 4) is 17.5 Å². The van der Waals surface area contributed by atoms with Crippen molar-refractivity contribution < 1.29 is 14.3 Å². The number of imide groups is 1. The summed E-state index contributed by atoms with van der Waals surface area (Å²) in [5.41, 5.74) is 4.97. The Balaban J connectivity index is 1.61. The van der Waals surface area contributed by atoms with Gasteiger partial charge in [-0.15, -0.1) is 0 Å². The predicted octanol–water partition coefficient (Wildman–Crippen LogP) is 5.60. The van der Waals surface area contributed by atoms with Gasteiger partial charge in [-0.1, -0.05) is 18.2 Å². The highest BCUT2D eigenvalue weighted by Crippen LogP contribution is 2.35. The lowest BCUT2D eigenvalue weighted by atomic mass is 10.1. The fourth-order valence-corrected chi connectivity index (χ4v) is 4.73. The Bertz CT molecular complexity index is 1300. The molecule has 2 amide bonds. The first-order chi connectivity index (χ1) is 15.9. The van der Waals surface area contributed by atoms with E-state index in [0.29, 0.717) is 22.6 Å². The topological polar surface area (TPSA) is 75.3 Å². The average Bonchev–Trinajstić information content (AvgIpc) is 3.24. The molecule has 0 atom stereocenters. The molecule has 7 heteroatoms. The minimum Gasteiger partial charge on any atom is -0.494 e. The number of hydrogen-bond acceptors (Lipinski definition) is 5. The van der Waals surface area contributed by atoms with Crippen LogP contribution in [0.3, 0.4) is 0 Å². The lowest BCUT2D eigenvalue weighted by Crippen LogP contribution is -2.27. The number of thioether (sulfide) groups is 1. The Kier molecular flexibility index (Phi) is 6.38. The summed E-state index contributed by atoms with van der Waals surface area (Å²) in [4.78, 5) is 27.2. The second kappa shape index (κ2) is 9.39. The SMILES string of the molecule is CCOc1ccc(-n2c(C)cc(/C=C3/SC(=O)N(Cc4ccccc4C#N)C3=O)c2C)cc1. The number of nitriles is 1. The van der Waals surface area contributed by atoms with Crippen LogP contribution in [0.4, 0.5) is 4.79 Å². The monoisotopic (exact) mass is 457 g/mol. The predicted molar refractivity (Wildman–Crippen MR) is 129 cm³/mol. The van der Waals surface area contributed by atoms with E-state index in [0.717, 1.165) is 40.2 Å². The van der Waals surface area contributed by atoms with Crippen LogP contribution in [0.25, 0.3) is 11.8 Å². The zero-order valence-corrected chi connectivity index (χ0v) is 19.5. The molecule has 166 valence electrons. The summed E-state index contributed by atoms with van der Waals surface area (Å²) < 4.78 is 7.63. The van der Waals surface area contributed by atoms with Crippen LogP contribution in [0.2, 0.25) is 0 Å². The van der Waals surface area contributed by atoms with Crippen LogP contribution in [0.5, 0.6) is 5.75 Å². The van der Waals surface area contributed by atoms with Gasteiger partial charge in [0, 0.05) is 17.1 Å². The molecule has 2 heterocycles. The molecule has 0 N–H and O–H groups in total. The van der Waals surface area contributed by atoms with E-state index in [1.54, 1.807) is 30.3 Å². The molecule has 0 aliphatic carbocycles. The molecule has 0 unspecified atom stereocenters. The number of carbonyl (C=O) groups excluding carboxylic acids is 2. The number of rotatable bonds is 6. The zero-order valence-electron chi connectivity index (χ0n) is 18.7. The van der Waals surface area contributed by atoms with Gasteiger partial charge in [0.25, 0.3) is 11.1 Å². The van der Waals surface area contributed by atoms with E-state index < -0.39 is 0 Å². The van der Waals surface area contributed by atoms with Crippen molar-refractivity contribution in [2.75, 3.05) is 6.61 Å². The van der Waals surface area contributed by atoms with Crippen molar-refractivity contribution in [2.24, 2.45) is 0 Å². The highest BCUT2D eigenvalue weighted by atomic mass is 32.2. The van der Waals surface area contributed by atoms with Crippen molar-refractivity contribution in [1.82, 2.24) is 9.47 Å². The maximum Gasteiger partial charge on any atom is 0.293 e. The molecule has 6 nitrogen and oxygen atoms in total. The number of aromatic nitrogens is 1. The largest absolute Gasteiger partial charge is 0.494 e. The Hall–Kier alpha value is -3.76. The standard InChI is InChI=1S/C26H23N3O3S/c1-4-32-23-11-9-22(10-12-23)29-17(2)13-21(18(29)3)14-24-25(30)28(26(31)33-24)16-20-8-6-5-7-19(20)15-27/h5-14H,4,16H2,1-3H3/b24-14+. The number of nitrogens with zero attached hydrogens (tertiary/aromatic N) is 3. The summed E-state index contributed by atoms with van der Waals surface area (Å²) in [6, 6.07) is 19.0. The average molecular weight is 458 g/mol. The van der Waals surface area contributed by atoms with Crippen LogP contribution in [0.15, 0.2) is 59.5 Å². The molecule has 1 aliphatic heterocycles. The van der Waals surface area contributed by atoms with E-state index in [1.165, 1.54) is 4.90 Å². The minimum atomic E-state index is -0.344. The molecule has 1 aliphatic rings. The van der Waals surface area contributed by atoms with Crippen molar-refractivity contribution >= 4 is 29.0 Å². The minimum absolute atomic E-state index is 0.0803. The first-order valence-electron chi connectivity index (χ1n) is 10.6. The molecule has 0 spiro atoms. The van der Waals surface area contributed by atoms with Crippen molar-refractivity contribution in [3.05, 3.63) is 87.6 Å². The number of benzene rings is 2. The third-order valence-electron chi connectivity index (χ3n) is 5.50. The summed E-state index contributed by atoms with van der Waals surface area (Å²) in [6.45, 7) is 6.64. The number of hydrogen-bond donors (Lipinski definition) is 0. The van der Waals surface area contributed by atoms with E-state index in [1.807, 2.05) is 51.1 Å². The fourth-order valence-electron chi connectivity index (χ4n) is 3.90. The lowest BCUT2D eigenvalue weighted by Gasteiger charge is -2.13. The molecule has 1 saturated heterocycles. The molecular weight excluding hydrogens is 434 g/mol. The molecule has 33 heavy (non-hydrogen) atoms. The number of aryl methyl sites for hydroxylation is 1. The number of amides is 2. The Morgan fingerprint density at radius 2 is 1.82 bits per heavy atom.